The minimum Gasteiger partial charge on any atom is -0.346 e. The predicted molar refractivity (Wildman–Crippen MR) is 101 cm³/mol. The first-order chi connectivity index (χ1) is 11.1. The van der Waals surface area contributed by atoms with Crippen LogP contribution in [0.3, 0.4) is 0 Å². The van der Waals surface area contributed by atoms with Crippen molar-refractivity contribution >= 4 is 29.4 Å². The van der Waals surface area contributed by atoms with Gasteiger partial charge in [-0.25, -0.2) is 0 Å². The predicted octanol–water partition coefficient (Wildman–Crippen LogP) is 4.96. The molecule has 0 aromatic heterocycles. The molecule has 2 aromatic carbocycles. The Balaban J connectivity index is 1.64. The second-order valence-electron chi connectivity index (χ2n) is 5.80. The number of rotatable bonds is 4. The van der Waals surface area contributed by atoms with E-state index in [-0.39, 0.29) is 11.9 Å². The van der Waals surface area contributed by atoms with Crippen molar-refractivity contribution in [3.63, 3.8) is 0 Å². The molecule has 1 unspecified atom stereocenters. The maximum Gasteiger partial charge on any atom is 0.251 e. The summed E-state index contributed by atoms with van der Waals surface area (Å²) in [5.74, 6) is 2.41. The summed E-state index contributed by atoms with van der Waals surface area (Å²) in [6.07, 6.45) is 0. The third-order valence-corrected chi connectivity index (χ3v) is 7.10. The lowest BCUT2D eigenvalue weighted by atomic mass is 10.1. The van der Waals surface area contributed by atoms with Crippen LogP contribution in [0.4, 0.5) is 0 Å². The molecule has 1 saturated heterocycles. The maximum absolute atomic E-state index is 12.4. The summed E-state index contributed by atoms with van der Waals surface area (Å²) in [6, 6.07) is 16.3. The van der Waals surface area contributed by atoms with Gasteiger partial charge in [-0.05, 0) is 37.1 Å². The van der Waals surface area contributed by atoms with Crippen LogP contribution in [0.15, 0.2) is 48.5 Å². The highest BCUT2D eigenvalue weighted by atomic mass is 32.2. The fourth-order valence-corrected chi connectivity index (χ4v) is 5.42. The Bertz CT molecular complexity index is 661. The summed E-state index contributed by atoms with van der Waals surface area (Å²) in [5.41, 5.74) is 4.38. The van der Waals surface area contributed by atoms with Gasteiger partial charge in [-0.2, -0.15) is 0 Å². The summed E-state index contributed by atoms with van der Waals surface area (Å²) >= 11 is 3.96. The molecule has 0 radical (unpaired) electrons. The average molecular weight is 344 g/mol. The van der Waals surface area contributed by atoms with Gasteiger partial charge < -0.3 is 5.32 Å². The van der Waals surface area contributed by atoms with E-state index in [4.69, 9.17) is 0 Å². The number of carbonyl (C=O) groups excluding carboxylic acids is 1. The first-order valence-corrected chi connectivity index (χ1v) is 9.94. The Morgan fingerprint density at radius 1 is 1.04 bits per heavy atom. The fraction of sp³-hybridized carbons (Fsp3) is 0.316. The summed E-state index contributed by atoms with van der Waals surface area (Å²) in [6.45, 7) is 4.08. The van der Waals surface area contributed by atoms with Crippen LogP contribution in [0, 0.1) is 6.92 Å². The van der Waals surface area contributed by atoms with E-state index in [1.807, 2.05) is 42.6 Å². The Hall–Kier alpha value is -1.39. The van der Waals surface area contributed by atoms with Gasteiger partial charge in [0.25, 0.3) is 5.91 Å². The molecule has 0 aliphatic carbocycles. The van der Waals surface area contributed by atoms with Crippen LogP contribution in [0.25, 0.3) is 0 Å². The van der Waals surface area contributed by atoms with Crippen LogP contribution in [0.2, 0.25) is 0 Å². The van der Waals surface area contributed by atoms with E-state index in [9.17, 15) is 4.79 Å². The zero-order valence-electron chi connectivity index (χ0n) is 13.4. The lowest BCUT2D eigenvalue weighted by molar-refractivity contribution is 0.0940. The van der Waals surface area contributed by atoms with E-state index in [0.29, 0.717) is 4.58 Å². The summed E-state index contributed by atoms with van der Waals surface area (Å²) in [5, 5.41) is 3.07. The Morgan fingerprint density at radius 3 is 2.26 bits per heavy atom. The van der Waals surface area contributed by atoms with Gasteiger partial charge in [-0.3, -0.25) is 4.79 Å². The van der Waals surface area contributed by atoms with Gasteiger partial charge in [0.15, 0.2) is 0 Å². The quantitative estimate of drug-likeness (QED) is 0.850. The van der Waals surface area contributed by atoms with E-state index in [1.54, 1.807) is 0 Å². The van der Waals surface area contributed by atoms with Crippen molar-refractivity contribution in [3.05, 3.63) is 70.8 Å². The van der Waals surface area contributed by atoms with E-state index in [2.05, 4.69) is 48.6 Å². The smallest absolute Gasteiger partial charge is 0.251 e. The topological polar surface area (TPSA) is 29.1 Å². The molecular weight excluding hydrogens is 322 g/mol. The monoisotopic (exact) mass is 343 g/mol. The summed E-state index contributed by atoms with van der Waals surface area (Å²) in [7, 11) is 0. The molecule has 1 atom stereocenters. The number of amides is 1. The number of hydrogen-bond acceptors (Lipinski definition) is 3. The van der Waals surface area contributed by atoms with Crippen LogP contribution >= 0.6 is 23.5 Å². The van der Waals surface area contributed by atoms with E-state index < -0.39 is 0 Å². The SMILES string of the molecule is Cc1ccc(C(C)NC(=O)c2ccc(C3SCCS3)cc2)cc1. The molecule has 1 amide bonds. The Morgan fingerprint density at radius 2 is 1.65 bits per heavy atom. The molecule has 1 heterocycles. The van der Waals surface area contributed by atoms with Crippen molar-refractivity contribution in [1.29, 1.82) is 0 Å². The molecule has 2 aromatic rings. The van der Waals surface area contributed by atoms with Gasteiger partial charge >= 0.3 is 0 Å². The second-order valence-corrected chi connectivity index (χ2v) is 8.53. The third-order valence-electron chi connectivity index (χ3n) is 3.99. The van der Waals surface area contributed by atoms with Gasteiger partial charge in [-0.1, -0.05) is 42.0 Å². The molecular formula is C19H21NOS2. The molecule has 4 heteroatoms. The number of carbonyl (C=O) groups is 1. The highest BCUT2D eigenvalue weighted by Crippen LogP contribution is 2.45. The van der Waals surface area contributed by atoms with Gasteiger partial charge in [0.2, 0.25) is 0 Å². The van der Waals surface area contributed by atoms with Crippen LogP contribution in [-0.2, 0) is 0 Å². The van der Waals surface area contributed by atoms with Gasteiger partial charge in [-0.15, -0.1) is 23.5 Å². The third kappa shape index (κ3) is 4.12. The molecule has 2 nitrogen and oxygen atoms in total. The van der Waals surface area contributed by atoms with Gasteiger partial charge in [0, 0.05) is 17.1 Å². The van der Waals surface area contributed by atoms with Crippen LogP contribution in [-0.4, -0.2) is 17.4 Å². The highest BCUT2D eigenvalue weighted by molar-refractivity contribution is 8.19. The summed E-state index contributed by atoms with van der Waals surface area (Å²) < 4.78 is 0.526. The zero-order chi connectivity index (χ0) is 16.2. The van der Waals surface area contributed by atoms with Crippen LogP contribution in [0.5, 0.6) is 0 Å². The second kappa shape index (κ2) is 7.45. The normalized spacial score (nSPS) is 16.3. The molecule has 3 rings (SSSR count). The standard InChI is InChI=1S/C19H21NOS2/c1-13-3-5-15(6-4-13)14(2)20-18(21)16-7-9-17(10-8-16)19-22-11-12-23-19/h3-10,14,19H,11-12H2,1-2H3,(H,20,21). The minimum absolute atomic E-state index is 0.00344. The molecule has 120 valence electrons. The Labute approximate surface area is 146 Å². The highest BCUT2D eigenvalue weighted by Gasteiger charge is 2.18. The van der Waals surface area contributed by atoms with Crippen molar-refractivity contribution in [2.24, 2.45) is 0 Å². The lowest BCUT2D eigenvalue weighted by Gasteiger charge is -2.15. The molecule has 1 fully saturated rings. The van der Waals surface area contributed by atoms with Crippen LogP contribution < -0.4 is 5.32 Å². The van der Waals surface area contributed by atoms with E-state index in [1.165, 1.54) is 22.6 Å². The lowest BCUT2D eigenvalue weighted by Crippen LogP contribution is -2.26. The van der Waals surface area contributed by atoms with Gasteiger partial charge in [0.1, 0.15) is 0 Å². The molecule has 1 aliphatic rings. The zero-order valence-corrected chi connectivity index (χ0v) is 15.0. The molecule has 0 spiro atoms. The van der Waals surface area contributed by atoms with Crippen molar-refractivity contribution in [1.82, 2.24) is 5.32 Å². The van der Waals surface area contributed by atoms with Crippen molar-refractivity contribution < 1.29 is 4.79 Å². The number of benzene rings is 2. The Kier molecular flexibility index (Phi) is 5.34. The van der Waals surface area contributed by atoms with E-state index >= 15 is 0 Å². The maximum atomic E-state index is 12.4. The van der Waals surface area contributed by atoms with Crippen molar-refractivity contribution in [2.45, 2.75) is 24.5 Å². The summed E-state index contributed by atoms with van der Waals surface area (Å²) in [4.78, 5) is 12.4. The number of thioether (sulfide) groups is 2. The van der Waals surface area contributed by atoms with E-state index in [0.717, 1.165) is 11.1 Å². The molecule has 0 bridgehead atoms. The largest absolute Gasteiger partial charge is 0.346 e. The number of aryl methyl sites for hydroxylation is 1. The minimum atomic E-state index is -0.0173. The number of hydrogen-bond donors (Lipinski definition) is 1. The first kappa shape index (κ1) is 16.5. The van der Waals surface area contributed by atoms with Crippen molar-refractivity contribution in [2.75, 3.05) is 11.5 Å². The molecule has 23 heavy (non-hydrogen) atoms. The molecule has 1 aliphatic heterocycles. The van der Waals surface area contributed by atoms with Crippen molar-refractivity contribution in [3.8, 4) is 0 Å². The molecule has 1 N–H and O–H groups in total. The fourth-order valence-electron chi connectivity index (χ4n) is 2.56. The molecule has 0 saturated carbocycles. The average Bonchev–Trinajstić information content (AvgIpc) is 3.10. The number of nitrogens with one attached hydrogen (secondary N) is 1. The van der Waals surface area contributed by atoms with Gasteiger partial charge in [0.05, 0.1) is 10.6 Å². The first-order valence-electron chi connectivity index (χ1n) is 7.84. The van der Waals surface area contributed by atoms with Crippen LogP contribution in [0.1, 0.15) is 44.6 Å².